The minimum absolute atomic E-state index is 0.814. The molecule has 1 aromatic carbocycles. The minimum Gasteiger partial charge on any atom is -0.465 e. The molecular weight excluding hydrogens is 324 g/mol. The van der Waals surface area contributed by atoms with E-state index in [0.29, 0.717) is 0 Å². The first-order valence-electron chi connectivity index (χ1n) is 6.62. The SMILES string of the molecule is COC1=C(c2ccccc2)Cc2nc(C)cc[n+]21.[O-][Cl+3]([O-])([O-])[O-]. The van der Waals surface area contributed by atoms with Crippen molar-refractivity contribution in [2.24, 2.45) is 0 Å². The zero-order valence-corrected chi connectivity index (χ0v) is 13.3. The fourth-order valence-electron chi connectivity index (χ4n) is 2.34. The fraction of sp³-hybridized carbons (Fsp3) is 0.200. The van der Waals surface area contributed by atoms with E-state index >= 15 is 0 Å². The highest BCUT2D eigenvalue weighted by Gasteiger charge is 2.31. The Hall–Kier alpha value is -2.03. The summed E-state index contributed by atoms with van der Waals surface area (Å²) in [5.74, 6) is 1.91. The van der Waals surface area contributed by atoms with Gasteiger partial charge in [-0.15, -0.1) is 10.2 Å². The lowest BCUT2D eigenvalue weighted by Crippen LogP contribution is -2.68. The lowest BCUT2D eigenvalue weighted by Gasteiger charge is -2.17. The second kappa shape index (κ2) is 7.03. The summed E-state index contributed by atoms with van der Waals surface area (Å²) in [4.78, 5) is 4.57. The van der Waals surface area contributed by atoms with Crippen molar-refractivity contribution in [2.45, 2.75) is 13.3 Å². The summed E-state index contributed by atoms with van der Waals surface area (Å²) in [5.41, 5.74) is 3.42. The quantitative estimate of drug-likeness (QED) is 0.556. The molecule has 0 unspecified atom stereocenters. The Kier molecular flexibility index (Phi) is 5.30. The molecule has 23 heavy (non-hydrogen) atoms. The summed E-state index contributed by atoms with van der Waals surface area (Å²) < 4.78 is 41.5. The van der Waals surface area contributed by atoms with E-state index in [1.165, 1.54) is 11.1 Å². The molecular formula is C15H15ClN2O5. The van der Waals surface area contributed by atoms with Crippen LogP contribution in [0.2, 0.25) is 0 Å². The van der Waals surface area contributed by atoms with Gasteiger partial charge in [-0.05, 0) is 5.56 Å². The highest BCUT2D eigenvalue weighted by atomic mass is 35.7. The van der Waals surface area contributed by atoms with Gasteiger partial charge in [0.15, 0.2) is 5.69 Å². The molecule has 1 aliphatic rings. The Bertz CT molecular complexity index is 708. The van der Waals surface area contributed by atoms with Crippen molar-refractivity contribution in [3.63, 3.8) is 0 Å². The number of halogens is 1. The topological polar surface area (TPSA) is 118 Å². The number of ether oxygens (including phenoxy) is 1. The van der Waals surface area contributed by atoms with Crippen LogP contribution in [0.5, 0.6) is 0 Å². The summed E-state index contributed by atoms with van der Waals surface area (Å²) in [6, 6.07) is 12.3. The van der Waals surface area contributed by atoms with Crippen molar-refractivity contribution in [1.82, 2.24) is 4.98 Å². The zero-order chi connectivity index (χ0) is 17.0. The Morgan fingerprint density at radius 1 is 1.09 bits per heavy atom. The summed E-state index contributed by atoms with van der Waals surface area (Å²) in [5, 5.41) is 0. The molecule has 2 heterocycles. The highest BCUT2D eigenvalue weighted by Crippen LogP contribution is 2.27. The smallest absolute Gasteiger partial charge is 0.310 e. The predicted molar refractivity (Wildman–Crippen MR) is 69.4 cm³/mol. The first-order valence-corrected chi connectivity index (χ1v) is 7.86. The van der Waals surface area contributed by atoms with Crippen LogP contribution in [0.1, 0.15) is 17.1 Å². The van der Waals surface area contributed by atoms with E-state index < -0.39 is 10.2 Å². The molecule has 0 aliphatic carbocycles. The van der Waals surface area contributed by atoms with Crippen LogP contribution in [0, 0.1) is 17.2 Å². The van der Waals surface area contributed by atoms with Gasteiger partial charge in [0.05, 0.1) is 19.1 Å². The number of aryl methyl sites for hydroxylation is 1. The van der Waals surface area contributed by atoms with Crippen LogP contribution in [0.25, 0.3) is 11.5 Å². The van der Waals surface area contributed by atoms with Gasteiger partial charge in [-0.2, -0.15) is 4.57 Å². The second-order valence-electron chi connectivity index (χ2n) is 4.76. The number of aromatic nitrogens is 2. The number of allylic oxidation sites excluding steroid dienone is 1. The number of benzene rings is 1. The second-order valence-corrected chi connectivity index (χ2v) is 5.52. The third kappa shape index (κ3) is 4.72. The molecule has 0 fully saturated rings. The maximum absolute atomic E-state index is 8.49. The zero-order valence-electron chi connectivity index (χ0n) is 12.6. The number of methoxy groups -OCH3 is 1. The number of fused-ring (bicyclic) bond motifs is 1. The van der Waals surface area contributed by atoms with Gasteiger partial charge in [-0.3, -0.25) is 0 Å². The van der Waals surface area contributed by atoms with Gasteiger partial charge < -0.3 is 4.74 Å². The predicted octanol–water partition coefficient (Wildman–Crippen LogP) is -2.55. The largest absolute Gasteiger partial charge is 0.465 e. The van der Waals surface area contributed by atoms with Crippen LogP contribution in [-0.4, -0.2) is 12.1 Å². The number of rotatable bonds is 2. The monoisotopic (exact) mass is 338 g/mol. The first kappa shape index (κ1) is 17.3. The third-order valence-corrected chi connectivity index (χ3v) is 3.18. The summed E-state index contributed by atoms with van der Waals surface area (Å²) >= 11 is 0. The fourth-order valence-corrected chi connectivity index (χ4v) is 2.34. The molecule has 0 spiro atoms. The number of nitrogens with zero attached hydrogens (tertiary/aromatic N) is 2. The normalized spacial score (nSPS) is 13.3. The van der Waals surface area contributed by atoms with Crippen molar-refractivity contribution in [1.29, 1.82) is 0 Å². The Balaban J connectivity index is 0.000000338. The molecule has 8 heteroatoms. The highest BCUT2D eigenvalue weighted by molar-refractivity contribution is 5.79. The molecule has 0 amide bonds. The molecule has 0 saturated heterocycles. The van der Waals surface area contributed by atoms with Gasteiger partial charge in [0, 0.05) is 13.0 Å². The molecule has 0 N–H and O–H groups in total. The number of hydrogen-bond acceptors (Lipinski definition) is 6. The molecule has 122 valence electrons. The first-order chi connectivity index (χ1) is 10.8. The lowest BCUT2D eigenvalue weighted by atomic mass is 10.0. The van der Waals surface area contributed by atoms with Crippen LogP contribution >= 0.6 is 0 Å². The van der Waals surface area contributed by atoms with Crippen LogP contribution in [0.3, 0.4) is 0 Å². The molecule has 0 atom stereocenters. The third-order valence-electron chi connectivity index (χ3n) is 3.18. The van der Waals surface area contributed by atoms with Gasteiger partial charge in [0.1, 0.15) is 6.20 Å². The van der Waals surface area contributed by atoms with Crippen LogP contribution in [0.4, 0.5) is 0 Å². The lowest BCUT2D eigenvalue weighted by molar-refractivity contribution is -2.00. The van der Waals surface area contributed by atoms with E-state index in [-0.39, 0.29) is 0 Å². The van der Waals surface area contributed by atoms with Gasteiger partial charge in [0.2, 0.25) is 0 Å². The minimum atomic E-state index is -4.94. The molecule has 0 saturated carbocycles. The maximum Gasteiger partial charge on any atom is 0.310 e. The Labute approximate surface area is 135 Å². The Morgan fingerprint density at radius 3 is 2.26 bits per heavy atom. The molecule has 1 aliphatic heterocycles. The molecule has 0 radical (unpaired) electrons. The van der Waals surface area contributed by atoms with Gasteiger partial charge in [0.25, 0.3) is 5.88 Å². The van der Waals surface area contributed by atoms with E-state index in [1.54, 1.807) is 7.11 Å². The number of hydrogen-bond donors (Lipinski definition) is 0. The standard InChI is InChI=1S/C15H15N2O.ClHO4/c1-11-8-9-17-14(16-11)10-13(15(17)18-2)12-6-4-3-5-7-12;2-1(3,4)5/h3-9H,10H2,1-2H3;(H,2,3,4,5)/q+1;/p-1. The maximum atomic E-state index is 8.49. The molecule has 7 nitrogen and oxygen atoms in total. The van der Waals surface area contributed by atoms with E-state index in [4.69, 9.17) is 23.4 Å². The summed E-state index contributed by atoms with van der Waals surface area (Å²) in [6.45, 7) is 2.01. The van der Waals surface area contributed by atoms with E-state index in [0.717, 1.165) is 23.8 Å². The molecule has 3 rings (SSSR count). The average molecular weight is 339 g/mol. The molecule has 1 aromatic heterocycles. The van der Waals surface area contributed by atoms with Gasteiger partial charge >= 0.3 is 5.82 Å². The van der Waals surface area contributed by atoms with Crippen LogP contribution in [-0.2, 0) is 11.2 Å². The van der Waals surface area contributed by atoms with E-state index in [9.17, 15) is 0 Å². The summed E-state index contributed by atoms with van der Waals surface area (Å²) in [6.07, 6.45) is 2.83. The van der Waals surface area contributed by atoms with Crippen molar-refractivity contribution >= 4 is 11.5 Å². The van der Waals surface area contributed by atoms with Crippen LogP contribution in [0.15, 0.2) is 42.6 Å². The Morgan fingerprint density at radius 2 is 1.70 bits per heavy atom. The van der Waals surface area contributed by atoms with Crippen LogP contribution < -0.4 is 23.2 Å². The van der Waals surface area contributed by atoms with Gasteiger partial charge in [-0.1, -0.05) is 35.3 Å². The van der Waals surface area contributed by atoms with E-state index in [2.05, 4.69) is 17.1 Å². The molecule has 2 aromatic rings. The van der Waals surface area contributed by atoms with Crippen molar-refractivity contribution in [2.75, 3.05) is 7.11 Å². The van der Waals surface area contributed by atoms with Crippen molar-refractivity contribution in [3.8, 4) is 0 Å². The average Bonchev–Trinajstić information content (AvgIpc) is 2.84. The molecule has 0 bridgehead atoms. The summed E-state index contributed by atoms with van der Waals surface area (Å²) in [7, 11) is -3.24. The van der Waals surface area contributed by atoms with E-state index in [1.807, 2.05) is 42.0 Å². The van der Waals surface area contributed by atoms with Crippen molar-refractivity contribution < 1.29 is 38.2 Å². The van der Waals surface area contributed by atoms with Crippen molar-refractivity contribution in [3.05, 3.63) is 59.7 Å². The van der Waals surface area contributed by atoms with Gasteiger partial charge in [-0.25, -0.2) is 18.6 Å².